The van der Waals surface area contributed by atoms with Crippen molar-refractivity contribution in [3.63, 3.8) is 0 Å². The van der Waals surface area contributed by atoms with Crippen molar-refractivity contribution in [2.45, 2.75) is 37.6 Å². The van der Waals surface area contributed by atoms with Crippen LogP contribution in [0.3, 0.4) is 0 Å². The van der Waals surface area contributed by atoms with Gasteiger partial charge in [0, 0.05) is 24.5 Å². The predicted molar refractivity (Wildman–Crippen MR) is 119 cm³/mol. The summed E-state index contributed by atoms with van der Waals surface area (Å²) in [4.78, 5) is 13.5. The number of alkyl halides is 3. The molecule has 1 amide bonds. The van der Waals surface area contributed by atoms with Crippen LogP contribution in [0, 0.1) is 13.8 Å². The number of nitrogens with one attached hydrogen (secondary N) is 1. The average molecular weight is 516 g/mol. The quantitative estimate of drug-likeness (QED) is 0.535. The number of nitrogens with two attached hydrogens (primary N) is 1. The number of nitrogen functional groups attached to an aromatic ring is 1. The topological polar surface area (TPSA) is 128 Å². The van der Waals surface area contributed by atoms with Gasteiger partial charge in [-0.15, -0.1) is 29.6 Å². The number of carbonyl (C=O) groups excluding carboxylic acids is 1. The lowest BCUT2D eigenvalue weighted by Gasteiger charge is -2.17. The fourth-order valence-corrected chi connectivity index (χ4v) is 6.19. The molecule has 34 heavy (non-hydrogen) atoms. The molecule has 1 fully saturated rings. The van der Waals surface area contributed by atoms with Crippen LogP contribution in [0.4, 0.5) is 18.9 Å². The van der Waals surface area contributed by atoms with Crippen molar-refractivity contribution in [2.24, 2.45) is 0 Å². The minimum Gasteiger partial charge on any atom is -0.406 e. The van der Waals surface area contributed by atoms with Gasteiger partial charge in [-0.3, -0.25) is 4.79 Å². The highest BCUT2D eigenvalue weighted by Gasteiger charge is 2.35. The highest BCUT2D eigenvalue weighted by molar-refractivity contribution is 7.89. The Morgan fingerprint density at radius 3 is 2.56 bits per heavy atom. The van der Waals surface area contributed by atoms with Gasteiger partial charge in [0.15, 0.2) is 0 Å². The van der Waals surface area contributed by atoms with Gasteiger partial charge >= 0.3 is 6.36 Å². The van der Waals surface area contributed by atoms with Crippen molar-refractivity contribution in [3.8, 4) is 5.75 Å². The zero-order valence-electron chi connectivity index (χ0n) is 18.0. The van der Waals surface area contributed by atoms with Crippen molar-refractivity contribution in [1.82, 2.24) is 19.8 Å². The summed E-state index contributed by atoms with van der Waals surface area (Å²) in [6.07, 6.45) is -4.51. The molecule has 3 N–H and O–H groups in total. The Hall–Kier alpha value is -2.97. The Morgan fingerprint density at radius 2 is 1.91 bits per heavy atom. The lowest BCUT2D eigenvalue weighted by atomic mass is 10.1. The molecule has 4 rings (SSSR count). The van der Waals surface area contributed by atoms with Crippen molar-refractivity contribution >= 4 is 43.2 Å². The van der Waals surface area contributed by atoms with E-state index in [4.69, 9.17) is 5.73 Å². The molecular weight excluding hydrogens is 495 g/mol. The molecule has 2 aromatic heterocycles. The van der Waals surface area contributed by atoms with E-state index in [1.54, 1.807) is 6.92 Å². The molecule has 182 valence electrons. The first-order valence-corrected chi connectivity index (χ1v) is 12.3. The average Bonchev–Trinajstić information content (AvgIpc) is 3.35. The minimum atomic E-state index is -4.87. The molecule has 1 aliphatic heterocycles. The fourth-order valence-electron chi connectivity index (χ4n) is 3.69. The number of nitrogens with zero attached hydrogens (tertiary/aromatic N) is 3. The van der Waals surface area contributed by atoms with Gasteiger partial charge in [-0.2, -0.15) is 9.40 Å². The third kappa shape index (κ3) is 4.65. The molecule has 1 saturated heterocycles. The number of benzene rings is 1. The van der Waals surface area contributed by atoms with Gasteiger partial charge in [0.2, 0.25) is 10.0 Å². The minimum absolute atomic E-state index is 0.0115. The SMILES string of the molecule is Cc1nnc2sc(C(=O)NC3CCN(S(=O)(=O)c4ccc(OC(F)(F)F)cc4)C3)c(N)c2c1C. The molecule has 1 unspecified atom stereocenters. The lowest BCUT2D eigenvalue weighted by molar-refractivity contribution is -0.274. The number of amides is 1. The summed E-state index contributed by atoms with van der Waals surface area (Å²) in [6.45, 7) is 3.79. The fraction of sp³-hybridized carbons (Fsp3) is 0.350. The van der Waals surface area contributed by atoms with Crippen LogP contribution in [-0.4, -0.2) is 54.3 Å². The number of thiophene rings is 1. The zero-order chi connectivity index (χ0) is 24.8. The molecule has 9 nitrogen and oxygen atoms in total. The third-order valence-electron chi connectivity index (χ3n) is 5.52. The number of ether oxygens (including phenoxy) is 1. The van der Waals surface area contributed by atoms with Gasteiger partial charge in [-0.05, 0) is 50.1 Å². The highest BCUT2D eigenvalue weighted by Crippen LogP contribution is 2.35. The molecule has 1 aliphatic rings. The summed E-state index contributed by atoms with van der Waals surface area (Å²) >= 11 is 1.11. The van der Waals surface area contributed by atoms with Crippen molar-refractivity contribution < 1.29 is 31.1 Å². The largest absolute Gasteiger partial charge is 0.573 e. The van der Waals surface area contributed by atoms with Gasteiger partial charge in [0.1, 0.15) is 15.5 Å². The standard InChI is InChI=1S/C20H20F3N5O4S2/c1-10-11(2)26-27-19-15(10)16(24)17(33-19)18(29)25-12-7-8-28(9-12)34(30,31)14-5-3-13(4-6-14)32-20(21,22)23/h3-6,12H,7-9,24H2,1-2H3,(H,25,29). The van der Waals surface area contributed by atoms with E-state index in [1.807, 2.05) is 6.92 Å². The van der Waals surface area contributed by atoms with Crippen LogP contribution in [0.5, 0.6) is 5.75 Å². The number of hydrogen-bond acceptors (Lipinski definition) is 8. The van der Waals surface area contributed by atoms with E-state index in [9.17, 15) is 26.4 Å². The van der Waals surface area contributed by atoms with Crippen molar-refractivity contribution in [1.29, 1.82) is 0 Å². The van der Waals surface area contributed by atoms with E-state index < -0.39 is 34.1 Å². The van der Waals surface area contributed by atoms with Crippen molar-refractivity contribution in [3.05, 3.63) is 40.4 Å². The number of fused-ring (bicyclic) bond motifs is 1. The second-order valence-electron chi connectivity index (χ2n) is 7.78. The maximum Gasteiger partial charge on any atom is 0.573 e. The van der Waals surface area contributed by atoms with Gasteiger partial charge < -0.3 is 15.8 Å². The number of aryl methyl sites for hydroxylation is 2. The molecule has 14 heteroatoms. The Kier molecular flexibility index (Phi) is 6.16. The van der Waals surface area contributed by atoms with Crippen LogP contribution in [-0.2, 0) is 10.0 Å². The lowest BCUT2D eigenvalue weighted by Crippen LogP contribution is -2.38. The number of anilines is 1. The Labute approximate surface area is 196 Å². The van der Waals surface area contributed by atoms with E-state index in [1.165, 1.54) is 4.31 Å². The normalized spacial score (nSPS) is 17.3. The van der Waals surface area contributed by atoms with Crippen LogP contribution in [0.25, 0.3) is 10.2 Å². The molecule has 1 atom stereocenters. The summed E-state index contributed by atoms with van der Waals surface area (Å²) in [5, 5.41) is 11.6. The summed E-state index contributed by atoms with van der Waals surface area (Å²) in [6, 6.07) is 3.50. The van der Waals surface area contributed by atoms with E-state index >= 15 is 0 Å². The molecule has 3 aromatic rings. The van der Waals surface area contributed by atoms with E-state index in [0.29, 0.717) is 28.0 Å². The monoisotopic (exact) mass is 515 g/mol. The molecule has 0 radical (unpaired) electrons. The molecule has 0 aliphatic carbocycles. The predicted octanol–water partition coefficient (Wildman–Crippen LogP) is 2.98. The van der Waals surface area contributed by atoms with Gasteiger partial charge in [0.05, 0.1) is 16.3 Å². The first-order chi connectivity index (χ1) is 15.9. The number of halogens is 3. The smallest absolute Gasteiger partial charge is 0.406 e. The van der Waals surface area contributed by atoms with Gasteiger partial charge in [-0.25, -0.2) is 8.42 Å². The van der Waals surface area contributed by atoms with Crippen LogP contribution < -0.4 is 15.8 Å². The van der Waals surface area contributed by atoms with Crippen LogP contribution in [0.1, 0.15) is 27.3 Å². The molecule has 0 spiro atoms. The summed E-state index contributed by atoms with van der Waals surface area (Å²) in [7, 11) is -3.97. The maximum atomic E-state index is 12.9. The van der Waals surface area contributed by atoms with Gasteiger partial charge in [-0.1, -0.05) is 0 Å². The third-order valence-corrected chi connectivity index (χ3v) is 8.49. The number of hydrogen-bond donors (Lipinski definition) is 2. The summed E-state index contributed by atoms with van der Waals surface area (Å²) < 4.78 is 67.7. The Bertz CT molecular complexity index is 1360. The van der Waals surface area contributed by atoms with Crippen LogP contribution in [0.15, 0.2) is 29.2 Å². The zero-order valence-corrected chi connectivity index (χ0v) is 19.6. The van der Waals surface area contributed by atoms with Crippen LogP contribution in [0.2, 0.25) is 0 Å². The van der Waals surface area contributed by atoms with Crippen molar-refractivity contribution in [2.75, 3.05) is 18.8 Å². The maximum absolute atomic E-state index is 12.9. The molecule has 0 saturated carbocycles. The first-order valence-electron chi connectivity index (χ1n) is 10.1. The molecule has 1 aromatic carbocycles. The van der Waals surface area contributed by atoms with E-state index in [-0.39, 0.29) is 22.9 Å². The molecule has 3 heterocycles. The number of carbonyl (C=O) groups is 1. The Balaban J connectivity index is 1.45. The second kappa shape index (κ2) is 8.67. The van der Waals surface area contributed by atoms with Crippen LogP contribution >= 0.6 is 11.3 Å². The first kappa shape index (κ1) is 24.2. The second-order valence-corrected chi connectivity index (χ2v) is 10.7. The number of sulfonamides is 1. The number of aromatic nitrogens is 2. The Morgan fingerprint density at radius 1 is 1.24 bits per heavy atom. The molecule has 0 bridgehead atoms. The summed E-state index contributed by atoms with van der Waals surface area (Å²) in [5.74, 6) is -0.954. The van der Waals surface area contributed by atoms with E-state index in [0.717, 1.165) is 41.2 Å². The molecular formula is C20H20F3N5O4S2. The van der Waals surface area contributed by atoms with Gasteiger partial charge in [0.25, 0.3) is 5.91 Å². The van der Waals surface area contributed by atoms with E-state index in [2.05, 4.69) is 20.3 Å². The highest BCUT2D eigenvalue weighted by atomic mass is 32.2. The summed E-state index contributed by atoms with van der Waals surface area (Å²) in [5.41, 5.74) is 8.05. The number of rotatable bonds is 5.